The van der Waals surface area contributed by atoms with Crippen molar-refractivity contribution in [1.82, 2.24) is 0 Å². The lowest BCUT2D eigenvalue weighted by Gasteiger charge is -2.04. The van der Waals surface area contributed by atoms with Crippen LogP contribution in [0.15, 0.2) is 12.1 Å². The molecular weight excluding hydrogens is 479 g/mol. The van der Waals surface area contributed by atoms with Gasteiger partial charge in [0.15, 0.2) is 0 Å². The Balaban J connectivity index is 3.25. The van der Waals surface area contributed by atoms with Crippen LogP contribution in [0.2, 0.25) is 0 Å². The molecule has 0 aromatic heterocycles. The van der Waals surface area contributed by atoms with Crippen LogP contribution < -0.4 is 5.73 Å². The van der Waals surface area contributed by atoms with Crippen LogP contribution in [0.25, 0.3) is 0 Å². The summed E-state index contributed by atoms with van der Waals surface area (Å²) in [7, 11) is 0. The molecule has 2 N–H and O–H groups in total. The molecule has 4 heteroatoms. The highest BCUT2D eigenvalue weighted by Gasteiger charge is 2.03. The maximum atomic E-state index is 5.59. The van der Waals surface area contributed by atoms with Crippen molar-refractivity contribution in [3.8, 4) is 0 Å². The summed E-state index contributed by atoms with van der Waals surface area (Å²) >= 11 is 6.96. The zero-order valence-corrected chi connectivity index (χ0v) is 12.0. The minimum Gasteiger partial charge on any atom is -0.326 e. The molecule has 1 rings (SSSR count). The van der Waals surface area contributed by atoms with E-state index in [1.54, 1.807) is 0 Å². The van der Waals surface area contributed by atoms with Gasteiger partial charge in [-0.1, -0.05) is 0 Å². The van der Waals surface area contributed by atoms with Crippen LogP contribution in [0.5, 0.6) is 0 Å². The van der Waals surface area contributed by atoms with Crippen molar-refractivity contribution in [2.75, 3.05) is 0 Å². The van der Waals surface area contributed by atoms with Gasteiger partial charge in [0.05, 0.1) is 0 Å². The second-order valence-electron chi connectivity index (χ2n) is 2.05. The van der Waals surface area contributed by atoms with E-state index in [1.807, 2.05) is 0 Å². The molecule has 0 heterocycles. The van der Waals surface area contributed by atoms with Gasteiger partial charge in [0.2, 0.25) is 0 Å². The third kappa shape index (κ3) is 2.66. The van der Waals surface area contributed by atoms with Crippen LogP contribution in [-0.2, 0) is 6.54 Å². The second kappa shape index (κ2) is 4.56. The van der Waals surface area contributed by atoms with Gasteiger partial charge >= 0.3 is 0 Å². The van der Waals surface area contributed by atoms with Crippen LogP contribution >= 0.6 is 67.8 Å². The summed E-state index contributed by atoms with van der Waals surface area (Å²) in [5.41, 5.74) is 6.85. The average Bonchev–Trinajstić information content (AvgIpc) is 1.85. The molecule has 0 atom stereocenters. The van der Waals surface area contributed by atoms with E-state index in [1.165, 1.54) is 16.3 Å². The van der Waals surface area contributed by atoms with Gasteiger partial charge in [-0.05, 0) is 85.5 Å². The van der Waals surface area contributed by atoms with Crippen molar-refractivity contribution in [1.29, 1.82) is 0 Å². The van der Waals surface area contributed by atoms with Crippen molar-refractivity contribution in [3.63, 3.8) is 0 Å². The minimum absolute atomic E-state index is 0.632. The molecule has 0 aliphatic carbocycles. The van der Waals surface area contributed by atoms with Gasteiger partial charge in [-0.25, -0.2) is 0 Å². The number of halogens is 3. The van der Waals surface area contributed by atoms with Crippen molar-refractivity contribution in [3.05, 3.63) is 28.4 Å². The van der Waals surface area contributed by atoms with Gasteiger partial charge in [-0.2, -0.15) is 0 Å². The van der Waals surface area contributed by atoms with Crippen LogP contribution in [0, 0.1) is 10.7 Å². The minimum atomic E-state index is 0.632. The first-order valence-corrected chi connectivity index (χ1v) is 6.22. The molecule has 0 saturated heterocycles. The molecule has 0 unspecified atom stereocenters. The standard InChI is InChI=1S/C7H6I3N/c8-4-1-6(9)5(3-11)7(10)2-4/h1-2H,3,11H2. The molecule has 0 spiro atoms. The lowest BCUT2D eigenvalue weighted by molar-refractivity contribution is 1.05. The topological polar surface area (TPSA) is 26.0 Å². The predicted octanol–water partition coefficient (Wildman–Crippen LogP) is 2.96. The van der Waals surface area contributed by atoms with E-state index in [0.29, 0.717) is 6.54 Å². The SMILES string of the molecule is NCc1c(I)cc(I)cc1I. The largest absolute Gasteiger partial charge is 0.326 e. The average molecular weight is 485 g/mol. The highest BCUT2D eigenvalue weighted by molar-refractivity contribution is 14.1. The number of nitrogens with two attached hydrogens (primary N) is 1. The van der Waals surface area contributed by atoms with E-state index >= 15 is 0 Å². The highest BCUT2D eigenvalue weighted by atomic mass is 127. The Hall–Kier alpha value is 1.37. The number of benzene rings is 1. The summed E-state index contributed by atoms with van der Waals surface area (Å²) in [6.45, 7) is 0.632. The molecular formula is C7H6I3N. The number of rotatable bonds is 1. The molecule has 0 bridgehead atoms. The molecule has 60 valence electrons. The third-order valence-electron chi connectivity index (χ3n) is 1.31. The summed E-state index contributed by atoms with van der Waals surface area (Å²) in [6.07, 6.45) is 0. The van der Waals surface area contributed by atoms with E-state index in [4.69, 9.17) is 5.73 Å². The molecule has 1 nitrogen and oxygen atoms in total. The van der Waals surface area contributed by atoms with Gasteiger partial charge in [0.25, 0.3) is 0 Å². The Labute approximate surface area is 107 Å². The monoisotopic (exact) mass is 485 g/mol. The fraction of sp³-hybridized carbons (Fsp3) is 0.143. The zero-order chi connectivity index (χ0) is 8.43. The van der Waals surface area contributed by atoms with E-state index < -0.39 is 0 Å². The molecule has 11 heavy (non-hydrogen) atoms. The zero-order valence-electron chi connectivity index (χ0n) is 5.57. The summed E-state index contributed by atoms with van der Waals surface area (Å²) in [4.78, 5) is 0. The Bertz CT molecular complexity index is 249. The molecule has 0 aliphatic rings. The lowest BCUT2D eigenvalue weighted by Crippen LogP contribution is -2.02. The van der Waals surface area contributed by atoms with E-state index in [-0.39, 0.29) is 0 Å². The van der Waals surface area contributed by atoms with Gasteiger partial charge < -0.3 is 5.73 Å². The quantitative estimate of drug-likeness (QED) is 0.610. The van der Waals surface area contributed by atoms with Gasteiger partial charge in [-0.15, -0.1) is 0 Å². The van der Waals surface area contributed by atoms with Crippen LogP contribution in [-0.4, -0.2) is 0 Å². The van der Waals surface area contributed by atoms with E-state index in [9.17, 15) is 0 Å². The molecule has 0 aliphatic heterocycles. The summed E-state index contributed by atoms with van der Waals surface area (Å²) in [5, 5.41) is 0. The van der Waals surface area contributed by atoms with Gasteiger partial charge in [0.1, 0.15) is 0 Å². The summed E-state index contributed by atoms with van der Waals surface area (Å²) in [5.74, 6) is 0. The molecule has 0 amide bonds. The van der Waals surface area contributed by atoms with Crippen LogP contribution in [0.3, 0.4) is 0 Å². The van der Waals surface area contributed by atoms with Gasteiger partial charge in [-0.3, -0.25) is 0 Å². The first kappa shape index (κ1) is 10.5. The van der Waals surface area contributed by atoms with Crippen LogP contribution in [0.4, 0.5) is 0 Å². The molecule has 1 aromatic carbocycles. The number of hydrogen-bond acceptors (Lipinski definition) is 1. The first-order chi connectivity index (χ1) is 5.15. The van der Waals surface area contributed by atoms with Crippen molar-refractivity contribution >= 4 is 67.8 Å². The maximum Gasteiger partial charge on any atom is 0.0199 e. The number of hydrogen-bond donors (Lipinski definition) is 1. The second-order valence-corrected chi connectivity index (χ2v) is 5.62. The predicted molar refractivity (Wildman–Crippen MR) is 72.5 cm³/mol. The molecule has 0 radical (unpaired) electrons. The summed E-state index contributed by atoms with van der Waals surface area (Å²) in [6, 6.07) is 4.29. The lowest BCUT2D eigenvalue weighted by atomic mass is 10.2. The first-order valence-electron chi connectivity index (χ1n) is 2.98. The Morgan fingerprint density at radius 1 is 1.09 bits per heavy atom. The maximum absolute atomic E-state index is 5.59. The normalized spacial score (nSPS) is 10.2. The smallest absolute Gasteiger partial charge is 0.0199 e. The Morgan fingerprint density at radius 2 is 1.55 bits per heavy atom. The van der Waals surface area contributed by atoms with Crippen molar-refractivity contribution < 1.29 is 0 Å². The van der Waals surface area contributed by atoms with E-state index in [2.05, 4.69) is 79.9 Å². The summed E-state index contributed by atoms with van der Waals surface area (Å²) < 4.78 is 3.80. The van der Waals surface area contributed by atoms with Crippen LogP contribution in [0.1, 0.15) is 5.56 Å². The van der Waals surface area contributed by atoms with Gasteiger partial charge in [0, 0.05) is 17.3 Å². The van der Waals surface area contributed by atoms with Crippen molar-refractivity contribution in [2.24, 2.45) is 5.73 Å². The van der Waals surface area contributed by atoms with Crippen molar-refractivity contribution in [2.45, 2.75) is 6.54 Å². The molecule has 0 fully saturated rings. The third-order valence-corrected chi connectivity index (χ3v) is 3.86. The van der Waals surface area contributed by atoms with E-state index in [0.717, 1.165) is 0 Å². The Morgan fingerprint density at radius 3 is 1.91 bits per heavy atom. The molecule has 1 aromatic rings. The Kier molecular flexibility index (Phi) is 4.33. The highest BCUT2D eigenvalue weighted by Crippen LogP contribution is 2.21. The fourth-order valence-corrected chi connectivity index (χ4v) is 4.79. The fourth-order valence-electron chi connectivity index (χ4n) is 0.767. The molecule has 0 saturated carbocycles.